The molecule has 14 heteroatoms. The highest BCUT2D eigenvalue weighted by molar-refractivity contribution is 7.86. The van der Waals surface area contributed by atoms with Gasteiger partial charge in [0.2, 0.25) is 0 Å². The average Bonchev–Trinajstić information content (AvgIpc) is 2.97. The van der Waals surface area contributed by atoms with Gasteiger partial charge in [-0.05, 0) is 56.2 Å². The normalized spacial score (nSPS) is 15.1. The summed E-state index contributed by atoms with van der Waals surface area (Å²) in [4.78, 5) is 28.9. The quantitative estimate of drug-likeness (QED) is 0.307. The topological polar surface area (TPSA) is 108 Å². The zero-order chi connectivity index (χ0) is 33.9. The molecule has 0 bridgehead atoms. The second-order valence-electron chi connectivity index (χ2n) is 11.9. The molecule has 1 heterocycles. The van der Waals surface area contributed by atoms with Crippen molar-refractivity contribution in [3.05, 3.63) is 83.4 Å². The van der Waals surface area contributed by atoms with Crippen LogP contribution < -0.4 is 10.1 Å². The number of esters is 1. The van der Waals surface area contributed by atoms with Crippen molar-refractivity contribution in [1.29, 1.82) is 0 Å². The minimum absolute atomic E-state index is 0.0418. The molecule has 1 N–H and O–H groups in total. The molecule has 248 valence electrons. The van der Waals surface area contributed by atoms with Crippen LogP contribution in [0.15, 0.2) is 66.7 Å². The maximum Gasteiger partial charge on any atom is 0.573 e. The first-order valence-corrected chi connectivity index (χ1v) is 15.9. The first-order valence-electron chi connectivity index (χ1n) is 14.5. The number of hydrogen-bond acceptors (Lipinski definition) is 7. The number of carbonyl (C=O) groups is 2. The van der Waals surface area contributed by atoms with Crippen molar-refractivity contribution in [2.45, 2.75) is 39.3 Å². The van der Waals surface area contributed by atoms with Gasteiger partial charge in [0.15, 0.2) is 0 Å². The van der Waals surface area contributed by atoms with Gasteiger partial charge < -0.3 is 14.8 Å². The van der Waals surface area contributed by atoms with E-state index in [9.17, 15) is 31.2 Å². The van der Waals surface area contributed by atoms with Gasteiger partial charge in [0.25, 0.3) is 16.1 Å². The Labute approximate surface area is 266 Å². The largest absolute Gasteiger partial charge is 0.573 e. The summed E-state index contributed by atoms with van der Waals surface area (Å²) in [7, 11) is -0.484. The molecule has 1 amide bonds. The summed E-state index contributed by atoms with van der Waals surface area (Å²) in [5, 5.41) is 2.65. The Balaban J connectivity index is 1.57. The fourth-order valence-electron chi connectivity index (χ4n) is 4.82. The van der Waals surface area contributed by atoms with Gasteiger partial charge in [-0.25, -0.2) is 4.79 Å². The molecule has 3 aromatic rings. The molecule has 1 saturated heterocycles. The summed E-state index contributed by atoms with van der Waals surface area (Å²) in [6.07, 6.45) is -5.06. The summed E-state index contributed by atoms with van der Waals surface area (Å²) in [6, 6.07) is 17.0. The molecule has 0 aliphatic carbocycles. The van der Waals surface area contributed by atoms with Crippen LogP contribution in [0.3, 0.4) is 0 Å². The number of rotatable bonds is 9. The minimum Gasteiger partial charge on any atom is -0.456 e. The van der Waals surface area contributed by atoms with E-state index in [1.807, 2.05) is 0 Å². The van der Waals surface area contributed by atoms with Crippen LogP contribution in [0.1, 0.15) is 47.1 Å². The van der Waals surface area contributed by atoms with E-state index in [-0.39, 0.29) is 16.7 Å². The van der Waals surface area contributed by atoms with Crippen LogP contribution >= 0.6 is 0 Å². The van der Waals surface area contributed by atoms with Crippen molar-refractivity contribution in [1.82, 2.24) is 13.5 Å². The zero-order valence-corrected chi connectivity index (χ0v) is 27.0. The molecule has 3 aromatic carbocycles. The van der Waals surface area contributed by atoms with Crippen molar-refractivity contribution in [3.63, 3.8) is 0 Å². The van der Waals surface area contributed by atoms with Crippen LogP contribution in [0.5, 0.6) is 5.75 Å². The Morgan fingerprint density at radius 1 is 0.891 bits per heavy atom. The number of carbonyl (C=O) groups excluding carboxylic acids is 2. The van der Waals surface area contributed by atoms with E-state index in [2.05, 4.69) is 15.0 Å². The highest BCUT2D eigenvalue weighted by Gasteiger charge is 2.34. The van der Waals surface area contributed by atoms with Crippen molar-refractivity contribution in [3.8, 4) is 16.9 Å². The van der Waals surface area contributed by atoms with Gasteiger partial charge in [-0.3, -0.25) is 9.69 Å². The number of benzene rings is 3. The fraction of sp³-hybridized carbons (Fsp3) is 0.375. The second-order valence-corrected chi connectivity index (χ2v) is 14.1. The number of nitrogens with one attached hydrogen (secondary N) is 1. The van der Waals surface area contributed by atoms with E-state index in [0.717, 1.165) is 11.6 Å². The predicted molar refractivity (Wildman–Crippen MR) is 168 cm³/mol. The standard InChI is InChI=1S/C32H37F3N4O6S/c1-31(2,3)45-30(41)27-19-25(23-9-7-6-8-10-23)28(44-32(33,34)35)20-26(27)29(40)36-24-13-11-22(12-14-24)21-38-15-17-39(18-16-38)46(42,43)37(4)5/h6-14,19-20H,15-18,21H2,1-5H3,(H,36,40). The van der Waals surface area contributed by atoms with E-state index in [0.29, 0.717) is 44.0 Å². The minimum atomic E-state index is -5.06. The van der Waals surface area contributed by atoms with E-state index in [4.69, 9.17) is 4.74 Å². The summed E-state index contributed by atoms with van der Waals surface area (Å²) >= 11 is 0. The van der Waals surface area contributed by atoms with Crippen molar-refractivity contribution < 1.29 is 40.7 Å². The van der Waals surface area contributed by atoms with Crippen LogP contribution in [0, 0.1) is 0 Å². The number of amides is 1. The van der Waals surface area contributed by atoms with Gasteiger partial charge in [-0.15, -0.1) is 13.2 Å². The monoisotopic (exact) mass is 662 g/mol. The molecule has 0 saturated carbocycles. The number of anilines is 1. The van der Waals surface area contributed by atoms with E-state index >= 15 is 0 Å². The third-order valence-corrected chi connectivity index (χ3v) is 8.97. The zero-order valence-electron chi connectivity index (χ0n) is 26.2. The van der Waals surface area contributed by atoms with Gasteiger partial charge in [-0.1, -0.05) is 42.5 Å². The van der Waals surface area contributed by atoms with Gasteiger partial charge in [-0.2, -0.15) is 17.0 Å². The SMILES string of the molecule is CN(C)S(=O)(=O)N1CCN(Cc2ccc(NC(=O)c3cc(OC(F)(F)F)c(-c4ccccc4)cc3C(=O)OC(C)(C)C)cc2)CC1. The molecule has 10 nitrogen and oxygen atoms in total. The Morgan fingerprint density at radius 2 is 1.50 bits per heavy atom. The highest BCUT2D eigenvalue weighted by atomic mass is 32.2. The summed E-state index contributed by atoms with van der Waals surface area (Å²) in [6.45, 7) is 7.26. The lowest BCUT2D eigenvalue weighted by molar-refractivity contribution is -0.274. The van der Waals surface area contributed by atoms with Crippen molar-refractivity contribution >= 4 is 27.8 Å². The number of alkyl halides is 3. The predicted octanol–water partition coefficient (Wildman–Crippen LogP) is 5.38. The molecule has 1 aliphatic heterocycles. The van der Waals surface area contributed by atoms with E-state index in [1.54, 1.807) is 75.4 Å². The smallest absolute Gasteiger partial charge is 0.456 e. The molecule has 0 atom stereocenters. The lowest BCUT2D eigenvalue weighted by Crippen LogP contribution is -2.51. The lowest BCUT2D eigenvalue weighted by atomic mass is 9.97. The Morgan fingerprint density at radius 3 is 2.04 bits per heavy atom. The summed E-state index contributed by atoms with van der Waals surface area (Å²) < 4.78 is 77.6. The van der Waals surface area contributed by atoms with Gasteiger partial charge in [0.1, 0.15) is 11.4 Å². The first kappa shape index (κ1) is 34.9. The molecule has 4 rings (SSSR count). The maximum atomic E-state index is 13.5. The first-order chi connectivity index (χ1) is 21.4. The molecule has 0 unspecified atom stereocenters. The van der Waals surface area contributed by atoms with Gasteiger partial charge in [0.05, 0.1) is 11.1 Å². The number of halogens is 3. The molecule has 46 heavy (non-hydrogen) atoms. The van der Waals surface area contributed by atoms with Crippen LogP contribution in [0.2, 0.25) is 0 Å². The van der Waals surface area contributed by atoms with Crippen LogP contribution in [0.4, 0.5) is 18.9 Å². The molecule has 1 aliphatic rings. The molecule has 0 aromatic heterocycles. The molecule has 0 spiro atoms. The Bertz CT molecular complexity index is 1650. The summed E-state index contributed by atoms with van der Waals surface area (Å²) in [5.74, 6) is -2.37. The van der Waals surface area contributed by atoms with Gasteiger partial charge in [0, 0.05) is 58.1 Å². The average molecular weight is 663 g/mol. The van der Waals surface area contributed by atoms with Gasteiger partial charge >= 0.3 is 12.3 Å². The van der Waals surface area contributed by atoms with Crippen LogP contribution in [0.25, 0.3) is 11.1 Å². The van der Waals surface area contributed by atoms with E-state index < -0.39 is 39.8 Å². The molecule has 0 radical (unpaired) electrons. The van der Waals surface area contributed by atoms with Crippen LogP contribution in [-0.4, -0.2) is 86.0 Å². The Kier molecular flexibility index (Phi) is 10.5. The van der Waals surface area contributed by atoms with E-state index in [1.165, 1.54) is 28.8 Å². The number of hydrogen-bond donors (Lipinski definition) is 1. The lowest BCUT2D eigenvalue weighted by Gasteiger charge is -2.35. The van der Waals surface area contributed by atoms with Crippen LogP contribution in [-0.2, 0) is 21.5 Å². The third-order valence-electron chi connectivity index (χ3n) is 7.03. The van der Waals surface area contributed by atoms with Crippen molar-refractivity contribution in [2.24, 2.45) is 0 Å². The molecular weight excluding hydrogens is 625 g/mol. The summed E-state index contributed by atoms with van der Waals surface area (Å²) in [5.41, 5.74) is 0.0214. The highest BCUT2D eigenvalue weighted by Crippen LogP contribution is 2.37. The maximum absolute atomic E-state index is 13.5. The third kappa shape index (κ3) is 9.06. The fourth-order valence-corrected chi connectivity index (χ4v) is 5.91. The Hall–Kier alpha value is -3.98. The number of piperazine rings is 1. The number of nitrogens with zero attached hydrogens (tertiary/aromatic N) is 3. The molecule has 1 fully saturated rings. The van der Waals surface area contributed by atoms with Crippen molar-refractivity contribution in [2.75, 3.05) is 45.6 Å². The second kappa shape index (κ2) is 13.8. The molecular formula is C32H37F3N4O6S. The number of ether oxygens (including phenoxy) is 2.